The molecule has 1 aliphatic rings. The third-order valence-electron chi connectivity index (χ3n) is 5.30. The molecule has 1 aliphatic carbocycles. The van der Waals surface area contributed by atoms with Crippen molar-refractivity contribution < 1.29 is 4.39 Å². The van der Waals surface area contributed by atoms with Crippen LogP contribution in [0.15, 0.2) is 48.1 Å². The van der Waals surface area contributed by atoms with E-state index in [1.165, 1.54) is 12.5 Å². The van der Waals surface area contributed by atoms with E-state index in [0.29, 0.717) is 16.8 Å². The highest BCUT2D eigenvalue weighted by atomic mass is 35.5. The first kappa shape index (κ1) is 17.9. The Balaban J connectivity index is 2.15. The normalized spacial score (nSPS) is 15.2. The predicted octanol–water partition coefficient (Wildman–Crippen LogP) is 5.78. The predicted molar refractivity (Wildman–Crippen MR) is 109 cm³/mol. The Bertz CT molecular complexity index is 1130. The summed E-state index contributed by atoms with van der Waals surface area (Å²) in [5.74, 6) is -0.276. The van der Waals surface area contributed by atoms with Gasteiger partial charge in [0.25, 0.3) is 0 Å². The highest BCUT2D eigenvalue weighted by molar-refractivity contribution is 6.30. The van der Waals surface area contributed by atoms with Gasteiger partial charge in [-0.15, -0.1) is 0 Å². The standard InChI is InChI=1S/C22H21ClFN3/c1-13(2)16-8-5-9-18(24)21(16)17-10-14-12-26-20(23)11-19(14)27(22(17)25-3)15-6-4-7-15/h5,8-12,15H,1,4,6-7H2,2-3H3. The average molecular weight is 382 g/mol. The van der Waals surface area contributed by atoms with Crippen LogP contribution >= 0.6 is 11.6 Å². The van der Waals surface area contributed by atoms with Crippen LogP contribution in [0.4, 0.5) is 4.39 Å². The van der Waals surface area contributed by atoms with Crippen molar-refractivity contribution in [3.8, 4) is 11.1 Å². The first-order valence-corrected chi connectivity index (χ1v) is 9.47. The van der Waals surface area contributed by atoms with E-state index in [4.69, 9.17) is 11.6 Å². The number of nitrogens with zero attached hydrogens (tertiary/aromatic N) is 3. The Kier molecular flexibility index (Phi) is 4.60. The van der Waals surface area contributed by atoms with Crippen LogP contribution < -0.4 is 5.49 Å². The summed E-state index contributed by atoms with van der Waals surface area (Å²) in [6.07, 6.45) is 5.09. The molecule has 2 heterocycles. The van der Waals surface area contributed by atoms with Crippen molar-refractivity contribution in [1.29, 1.82) is 0 Å². The van der Waals surface area contributed by atoms with Gasteiger partial charge in [0.1, 0.15) is 16.5 Å². The Hall–Kier alpha value is -2.46. The van der Waals surface area contributed by atoms with Crippen LogP contribution in [0.2, 0.25) is 5.15 Å². The fourth-order valence-corrected chi connectivity index (χ4v) is 3.95. The first-order chi connectivity index (χ1) is 13.0. The minimum Gasteiger partial charge on any atom is -0.322 e. The first-order valence-electron chi connectivity index (χ1n) is 9.09. The molecule has 27 heavy (non-hydrogen) atoms. The van der Waals surface area contributed by atoms with E-state index in [1.807, 2.05) is 25.1 Å². The molecule has 5 heteroatoms. The van der Waals surface area contributed by atoms with E-state index in [-0.39, 0.29) is 5.82 Å². The van der Waals surface area contributed by atoms with Crippen LogP contribution in [-0.4, -0.2) is 16.6 Å². The lowest BCUT2D eigenvalue weighted by Gasteiger charge is -2.31. The molecule has 1 fully saturated rings. The van der Waals surface area contributed by atoms with Gasteiger partial charge >= 0.3 is 0 Å². The van der Waals surface area contributed by atoms with Crippen molar-refractivity contribution in [3.63, 3.8) is 0 Å². The zero-order valence-corrected chi connectivity index (χ0v) is 16.2. The minimum absolute atomic E-state index is 0.276. The fourth-order valence-electron chi connectivity index (χ4n) is 3.79. The molecule has 0 unspecified atom stereocenters. The lowest BCUT2D eigenvalue weighted by atomic mass is 9.90. The Labute approximate surface area is 162 Å². The van der Waals surface area contributed by atoms with Crippen LogP contribution in [0, 0.1) is 5.82 Å². The monoisotopic (exact) mass is 381 g/mol. The molecule has 0 saturated heterocycles. The summed E-state index contributed by atoms with van der Waals surface area (Å²) in [5.41, 5.74) is 4.66. The number of hydrogen-bond donors (Lipinski definition) is 0. The third kappa shape index (κ3) is 2.98. The molecule has 0 radical (unpaired) electrons. The van der Waals surface area contributed by atoms with Crippen molar-refractivity contribution >= 4 is 28.1 Å². The summed E-state index contributed by atoms with van der Waals surface area (Å²) >= 11 is 6.17. The fraction of sp³-hybridized carbons (Fsp3) is 0.273. The molecule has 1 saturated carbocycles. The van der Waals surface area contributed by atoms with Gasteiger partial charge in [0.15, 0.2) is 0 Å². The summed E-state index contributed by atoms with van der Waals surface area (Å²) in [7, 11) is 1.75. The molecule has 2 aromatic heterocycles. The minimum atomic E-state index is -0.276. The van der Waals surface area contributed by atoms with Crippen LogP contribution in [0.5, 0.6) is 0 Å². The zero-order chi connectivity index (χ0) is 19.1. The molecule has 1 aromatic carbocycles. The molecule has 3 aromatic rings. The van der Waals surface area contributed by atoms with Gasteiger partial charge in [-0.05, 0) is 49.9 Å². The maximum atomic E-state index is 15.0. The van der Waals surface area contributed by atoms with Crippen LogP contribution in [0.25, 0.3) is 27.6 Å². The molecule has 4 rings (SSSR count). The number of hydrogen-bond acceptors (Lipinski definition) is 2. The third-order valence-corrected chi connectivity index (χ3v) is 5.51. The van der Waals surface area contributed by atoms with Crippen molar-refractivity contribution in [2.75, 3.05) is 7.05 Å². The Morgan fingerprint density at radius 3 is 2.74 bits per heavy atom. The second-order valence-corrected chi connectivity index (χ2v) is 7.46. The van der Waals surface area contributed by atoms with Gasteiger partial charge in [0, 0.05) is 35.8 Å². The molecular weight excluding hydrogens is 361 g/mol. The van der Waals surface area contributed by atoms with E-state index in [2.05, 4.69) is 21.1 Å². The number of aromatic nitrogens is 2. The summed E-state index contributed by atoms with van der Waals surface area (Å²) in [6.45, 7) is 5.93. The van der Waals surface area contributed by atoms with Crippen molar-refractivity contribution in [2.45, 2.75) is 32.2 Å². The quantitative estimate of drug-likeness (QED) is 0.528. The Morgan fingerprint density at radius 2 is 2.11 bits per heavy atom. The summed E-state index contributed by atoms with van der Waals surface area (Å²) in [6, 6.07) is 9.27. The number of fused-ring (bicyclic) bond motifs is 1. The van der Waals surface area contributed by atoms with E-state index in [1.54, 1.807) is 19.3 Å². The van der Waals surface area contributed by atoms with Crippen LogP contribution in [0.1, 0.15) is 37.8 Å². The maximum Gasteiger partial charge on any atom is 0.136 e. The second kappa shape index (κ2) is 6.93. The van der Waals surface area contributed by atoms with Gasteiger partial charge in [-0.3, -0.25) is 4.99 Å². The van der Waals surface area contributed by atoms with Gasteiger partial charge in [-0.25, -0.2) is 9.37 Å². The zero-order valence-electron chi connectivity index (χ0n) is 15.5. The molecule has 3 nitrogen and oxygen atoms in total. The van der Waals surface area contributed by atoms with Crippen molar-refractivity contribution in [2.24, 2.45) is 4.99 Å². The summed E-state index contributed by atoms with van der Waals surface area (Å²) in [4.78, 5) is 8.81. The van der Waals surface area contributed by atoms with Gasteiger partial charge in [-0.2, -0.15) is 0 Å². The topological polar surface area (TPSA) is 30.2 Å². The maximum absolute atomic E-state index is 15.0. The lowest BCUT2D eigenvalue weighted by Crippen LogP contribution is -2.31. The number of pyridine rings is 2. The molecule has 0 aliphatic heterocycles. The highest BCUT2D eigenvalue weighted by Gasteiger charge is 2.24. The SMILES string of the molecule is C=C(C)c1cccc(F)c1-c1cc2cnc(Cl)cc2n(C2CCC2)c1=NC. The van der Waals surface area contributed by atoms with E-state index in [0.717, 1.165) is 45.9 Å². The molecule has 0 spiro atoms. The number of allylic oxidation sites excluding steroid dienone is 1. The van der Waals surface area contributed by atoms with Crippen molar-refractivity contribution in [1.82, 2.24) is 9.55 Å². The molecule has 0 atom stereocenters. The highest BCUT2D eigenvalue weighted by Crippen LogP contribution is 2.36. The second-order valence-electron chi connectivity index (χ2n) is 7.07. The number of halogens is 2. The lowest BCUT2D eigenvalue weighted by molar-refractivity contribution is 0.313. The van der Waals surface area contributed by atoms with Crippen LogP contribution in [-0.2, 0) is 0 Å². The number of rotatable bonds is 3. The molecule has 0 bridgehead atoms. The van der Waals surface area contributed by atoms with E-state index in [9.17, 15) is 4.39 Å². The Morgan fingerprint density at radius 1 is 1.33 bits per heavy atom. The van der Waals surface area contributed by atoms with Gasteiger partial charge in [0.05, 0.1) is 5.52 Å². The summed E-state index contributed by atoms with van der Waals surface area (Å²) in [5, 5.41) is 1.36. The molecular formula is C22H21ClFN3. The van der Waals surface area contributed by atoms with Gasteiger partial charge < -0.3 is 4.57 Å². The van der Waals surface area contributed by atoms with Crippen molar-refractivity contribution in [3.05, 3.63) is 65.1 Å². The number of benzene rings is 1. The molecule has 138 valence electrons. The smallest absolute Gasteiger partial charge is 0.136 e. The van der Waals surface area contributed by atoms with E-state index < -0.39 is 0 Å². The largest absolute Gasteiger partial charge is 0.322 e. The average Bonchev–Trinajstić information content (AvgIpc) is 2.60. The molecule has 0 amide bonds. The van der Waals surface area contributed by atoms with Gasteiger partial charge in [-0.1, -0.05) is 35.9 Å². The van der Waals surface area contributed by atoms with E-state index >= 15 is 0 Å². The summed E-state index contributed by atoms with van der Waals surface area (Å²) < 4.78 is 17.2. The molecule has 0 N–H and O–H groups in total. The van der Waals surface area contributed by atoms with Crippen LogP contribution in [0.3, 0.4) is 0 Å². The van der Waals surface area contributed by atoms with Gasteiger partial charge in [0.2, 0.25) is 0 Å².